The topological polar surface area (TPSA) is 40.1 Å². The molecule has 0 spiro atoms. The third-order valence-electron chi connectivity index (χ3n) is 1.63. The summed E-state index contributed by atoms with van der Waals surface area (Å²) in [6, 6.07) is 0. The first-order valence-corrected chi connectivity index (χ1v) is 3.93. The molecule has 0 N–H and O–H groups in total. The minimum absolute atomic E-state index is 0.145. The van der Waals surface area contributed by atoms with E-state index in [4.69, 9.17) is 0 Å². The summed E-state index contributed by atoms with van der Waals surface area (Å²) in [4.78, 5) is 9.99. The summed E-state index contributed by atoms with van der Waals surface area (Å²) in [7, 11) is 0. The molecule has 2 nitrogen and oxygen atoms in total. The van der Waals surface area contributed by atoms with Gasteiger partial charge < -0.3 is 9.90 Å². The molecule has 2 unspecified atom stereocenters. The van der Waals surface area contributed by atoms with Crippen LogP contribution in [-0.2, 0) is 4.79 Å². The minimum atomic E-state index is -0.971. The number of carboxylic acids is 1. The molecule has 0 aromatic heterocycles. The number of carbonyl (C=O) groups excluding carboxylic acids is 1. The van der Waals surface area contributed by atoms with Crippen LogP contribution in [0.15, 0.2) is 0 Å². The second kappa shape index (κ2) is 4.61. The van der Waals surface area contributed by atoms with Gasteiger partial charge in [0.1, 0.15) is 0 Å². The molecule has 0 aliphatic rings. The van der Waals surface area contributed by atoms with Gasteiger partial charge in [-0.15, -0.1) is 0 Å². The highest BCUT2D eigenvalue weighted by atomic mass is 32.1. The van der Waals surface area contributed by atoms with Crippen molar-refractivity contribution in [1.29, 1.82) is 0 Å². The average Bonchev–Trinajstić information content (AvgIpc) is 1.82. The highest BCUT2D eigenvalue weighted by Gasteiger charge is 2.06. The lowest BCUT2D eigenvalue weighted by molar-refractivity contribution is -0.306. The number of carbonyl (C=O) groups is 1. The van der Waals surface area contributed by atoms with Crippen LogP contribution in [0.5, 0.6) is 0 Å². The third kappa shape index (κ3) is 4.68. The fourth-order valence-electron chi connectivity index (χ4n) is 0.587. The molecule has 0 aliphatic heterocycles. The van der Waals surface area contributed by atoms with Gasteiger partial charge in [0.15, 0.2) is 0 Å². The van der Waals surface area contributed by atoms with Crippen LogP contribution in [0, 0.1) is 5.92 Å². The van der Waals surface area contributed by atoms with Crippen molar-refractivity contribution in [2.24, 2.45) is 5.92 Å². The van der Waals surface area contributed by atoms with Crippen LogP contribution >= 0.6 is 12.6 Å². The van der Waals surface area contributed by atoms with Crippen LogP contribution in [0.25, 0.3) is 0 Å². The Morgan fingerprint density at radius 3 is 2.40 bits per heavy atom. The van der Waals surface area contributed by atoms with E-state index in [2.05, 4.69) is 12.6 Å². The van der Waals surface area contributed by atoms with E-state index in [9.17, 15) is 9.90 Å². The molecule has 0 rings (SSSR count). The molecular formula is C7H13O2S-. The van der Waals surface area contributed by atoms with Crippen molar-refractivity contribution in [2.75, 3.05) is 0 Å². The normalized spacial score (nSPS) is 16.3. The standard InChI is InChI=1S/C7H14O2S/c1-5(6(2)10)3-4-7(8)9/h5-6,10H,3-4H2,1-2H3,(H,8,9)/p-1. The molecule has 10 heavy (non-hydrogen) atoms. The largest absolute Gasteiger partial charge is 0.550 e. The van der Waals surface area contributed by atoms with E-state index in [1.807, 2.05) is 13.8 Å². The molecule has 60 valence electrons. The molecule has 0 radical (unpaired) electrons. The fourth-order valence-corrected chi connectivity index (χ4v) is 0.736. The second-order valence-electron chi connectivity index (χ2n) is 2.63. The molecule has 2 atom stereocenters. The summed E-state index contributed by atoms with van der Waals surface area (Å²) in [6.45, 7) is 3.95. The Bertz CT molecular complexity index is 112. The fraction of sp³-hybridized carbons (Fsp3) is 0.857. The van der Waals surface area contributed by atoms with Gasteiger partial charge >= 0.3 is 0 Å². The first kappa shape index (κ1) is 9.82. The Kier molecular flexibility index (Phi) is 4.52. The van der Waals surface area contributed by atoms with Crippen LogP contribution in [0.2, 0.25) is 0 Å². The van der Waals surface area contributed by atoms with Gasteiger partial charge in [-0.1, -0.05) is 13.8 Å². The van der Waals surface area contributed by atoms with Gasteiger partial charge in [0, 0.05) is 11.2 Å². The summed E-state index contributed by atoms with van der Waals surface area (Å²) in [5.74, 6) is -0.623. The van der Waals surface area contributed by atoms with E-state index in [1.54, 1.807) is 0 Å². The van der Waals surface area contributed by atoms with Crippen LogP contribution in [0.3, 0.4) is 0 Å². The highest BCUT2D eigenvalue weighted by Crippen LogP contribution is 2.14. The van der Waals surface area contributed by atoms with Crippen molar-refractivity contribution in [1.82, 2.24) is 0 Å². The molecule has 0 amide bonds. The van der Waals surface area contributed by atoms with Crippen molar-refractivity contribution >= 4 is 18.6 Å². The van der Waals surface area contributed by atoms with Gasteiger partial charge in [0.25, 0.3) is 0 Å². The lowest BCUT2D eigenvalue weighted by Crippen LogP contribution is -2.23. The predicted molar refractivity (Wildman–Crippen MR) is 41.9 cm³/mol. The molecule has 0 bridgehead atoms. The Labute approximate surface area is 67.0 Å². The summed E-state index contributed by atoms with van der Waals surface area (Å²) in [5, 5.41) is 10.3. The maximum atomic E-state index is 9.99. The number of thiol groups is 1. The number of hydrogen-bond acceptors (Lipinski definition) is 3. The SMILES string of the molecule is CC(S)C(C)CCC(=O)[O-]. The smallest absolute Gasteiger partial charge is 0.0414 e. The van der Waals surface area contributed by atoms with E-state index in [0.29, 0.717) is 12.3 Å². The maximum absolute atomic E-state index is 9.99. The zero-order valence-electron chi connectivity index (χ0n) is 6.33. The average molecular weight is 161 g/mol. The maximum Gasteiger partial charge on any atom is 0.0414 e. The Balaban J connectivity index is 3.39. The lowest BCUT2D eigenvalue weighted by Gasteiger charge is -2.14. The quantitative estimate of drug-likeness (QED) is 0.609. The number of rotatable bonds is 4. The monoisotopic (exact) mass is 161 g/mol. The molecule has 0 heterocycles. The summed E-state index contributed by atoms with van der Waals surface area (Å²) in [5.41, 5.74) is 0. The summed E-state index contributed by atoms with van der Waals surface area (Å²) >= 11 is 4.18. The second-order valence-corrected chi connectivity index (χ2v) is 3.44. The molecule has 3 heteroatoms. The van der Waals surface area contributed by atoms with E-state index < -0.39 is 5.97 Å². The van der Waals surface area contributed by atoms with Gasteiger partial charge in [0.2, 0.25) is 0 Å². The van der Waals surface area contributed by atoms with E-state index in [-0.39, 0.29) is 11.7 Å². The molecule has 0 saturated heterocycles. The highest BCUT2D eigenvalue weighted by molar-refractivity contribution is 7.80. The van der Waals surface area contributed by atoms with E-state index in [0.717, 1.165) is 0 Å². The van der Waals surface area contributed by atoms with Crippen molar-refractivity contribution in [3.05, 3.63) is 0 Å². The first-order chi connectivity index (χ1) is 4.54. The first-order valence-electron chi connectivity index (χ1n) is 3.42. The zero-order valence-corrected chi connectivity index (χ0v) is 7.23. The van der Waals surface area contributed by atoms with Crippen LogP contribution in [-0.4, -0.2) is 11.2 Å². The van der Waals surface area contributed by atoms with E-state index >= 15 is 0 Å². The van der Waals surface area contributed by atoms with Crippen molar-refractivity contribution in [3.8, 4) is 0 Å². The van der Waals surface area contributed by atoms with E-state index in [1.165, 1.54) is 0 Å². The van der Waals surface area contributed by atoms with Crippen LogP contribution < -0.4 is 5.11 Å². The lowest BCUT2D eigenvalue weighted by atomic mass is 10.0. The molecule has 0 aromatic carbocycles. The molecule has 0 fully saturated rings. The molecule has 0 aromatic rings. The van der Waals surface area contributed by atoms with Crippen LogP contribution in [0.4, 0.5) is 0 Å². The Morgan fingerprint density at radius 2 is 2.10 bits per heavy atom. The Morgan fingerprint density at radius 1 is 1.60 bits per heavy atom. The molecular weight excluding hydrogens is 148 g/mol. The summed E-state index contributed by atoms with van der Waals surface area (Å²) < 4.78 is 0. The van der Waals surface area contributed by atoms with Gasteiger partial charge in [-0.3, -0.25) is 0 Å². The number of hydrogen-bond donors (Lipinski definition) is 1. The number of aliphatic carboxylic acids is 1. The van der Waals surface area contributed by atoms with Gasteiger partial charge in [-0.05, 0) is 18.8 Å². The predicted octanol–water partition coefficient (Wildman–Crippen LogP) is 0.471. The minimum Gasteiger partial charge on any atom is -0.550 e. The van der Waals surface area contributed by atoms with Gasteiger partial charge in [-0.2, -0.15) is 12.6 Å². The van der Waals surface area contributed by atoms with Crippen molar-refractivity contribution in [2.45, 2.75) is 31.9 Å². The van der Waals surface area contributed by atoms with Gasteiger partial charge in [-0.25, -0.2) is 0 Å². The van der Waals surface area contributed by atoms with Crippen LogP contribution in [0.1, 0.15) is 26.7 Å². The molecule has 0 aliphatic carbocycles. The molecule has 0 saturated carbocycles. The van der Waals surface area contributed by atoms with Crippen molar-refractivity contribution < 1.29 is 9.90 Å². The van der Waals surface area contributed by atoms with Crippen molar-refractivity contribution in [3.63, 3.8) is 0 Å². The van der Waals surface area contributed by atoms with Gasteiger partial charge in [0.05, 0.1) is 0 Å². The Hall–Kier alpha value is -0.180. The zero-order chi connectivity index (χ0) is 8.15. The summed E-state index contributed by atoms with van der Waals surface area (Å²) in [6.07, 6.45) is 0.805. The third-order valence-corrected chi connectivity index (χ3v) is 2.14. The number of carboxylic acid groups (broad SMARTS) is 1.